The van der Waals surface area contributed by atoms with E-state index in [0.29, 0.717) is 10.8 Å². The summed E-state index contributed by atoms with van der Waals surface area (Å²) < 4.78 is 31.2. The van der Waals surface area contributed by atoms with Crippen LogP contribution >= 0.6 is 0 Å². The molecule has 0 unspecified atom stereocenters. The Hall–Kier alpha value is -1.95. The number of benzene rings is 2. The molecule has 5 nitrogen and oxygen atoms in total. The molecule has 1 N–H and O–H groups in total. The standard InChI is InChI=1S/C10H6O5S/c11-9-7-4-2-1-3-6(7)5-8-10(9)15-16(12,13)14-8/h1-5,11H. The van der Waals surface area contributed by atoms with Crippen LogP contribution in [0.15, 0.2) is 30.3 Å². The van der Waals surface area contributed by atoms with E-state index in [2.05, 4.69) is 8.37 Å². The van der Waals surface area contributed by atoms with Gasteiger partial charge in [0.25, 0.3) is 0 Å². The largest absolute Gasteiger partial charge is 0.504 e. The molecule has 3 rings (SSSR count). The fraction of sp³-hybridized carbons (Fsp3) is 0. The van der Waals surface area contributed by atoms with E-state index < -0.39 is 10.4 Å². The average molecular weight is 238 g/mol. The SMILES string of the molecule is O=S1(=O)Oc2cc3ccccc3c(O)c2O1. The lowest BCUT2D eigenvalue weighted by atomic mass is 10.1. The maximum absolute atomic E-state index is 11.1. The molecule has 0 fully saturated rings. The van der Waals surface area contributed by atoms with Crippen molar-refractivity contribution in [1.82, 2.24) is 0 Å². The summed E-state index contributed by atoms with van der Waals surface area (Å²) in [4.78, 5) is 0. The quantitative estimate of drug-likeness (QED) is 0.754. The van der Waals surface area contributed by atoms with Gasteiger partial charge in [-0.1, -0.05) is 24.3 Å². The second-order valence-corrected chi connectivity index (χ2v) is 4.50. The van der Waals surface area contributed by atoms with E-state index in [4.69, 9.17) is 0 Å². The first-order chi connectivity index (χ1) is 7.57. The topological polar surface area (TPSA) is 72.8 Å². The Morgan fingerprint density at radius 3 is 2.69 bits per heavy atom. The van der Waals surface area contributed by atoms with Crippen LogP contribution in [0.4, 0.5) is 0 Å². The minimum Gasteiger partial charge on any atom is -0.504 e. The molecular formula is C10H6O5S. The predicted octanol–water partition coefficient (Wildman–Crippen LogP) is 1.56. The highest BCUT2D eigenvalue weighted by atomic mass is 32.3. The smallest absolute Gasteiger partial charge is 0.501 e. The summed E-state index contributed by atoms with van der Waals surface area (Å²) in [5.74, 6) is -0.371. The molecule has 1 aliphatic rings. The highest BCUT2D eigenvalue weighted by Gasteiger charge is 2.32. The molecule has 2 aromatic carbocycles. The van der Waals surface area contributed by atoms with Crippen molar-refractivity contribution >= 4 is 21.2 Å². The van der Waals surface area contributed by atoms with Crippen molar-refractivity contribution in [1.29, 1.82) is 0 Å². The first kappa shape index (κ1) is 9.29. The lowest BCUT2D eigenvalue weighted by Gasteiger charge is -2.02. The number of hydrogen-bond donors (Lipinski definition) is 1. The van der Waals surface area contributed by atoms with Gasteiger partial charge in [-0.25, -0.2) is 0 Å². The van der Waals surface area contributed by atoms with Crippen LogP contribution in [0.2, 0.25) is 0 Å². The average Bonchev–Trinajstić information content (AvgIpc) is 2.53. The van der Waals surface area contributed by atoms with Crippen molar-refractivity contribution in [2.24, 2.45) is 0 Å². The maximum Gasteiger partial charge on any atom is 0.501 e. The molecule has 0 spiro atoms. The van der Waals surface area contributed by atoms with Crippen LogP contribution in [0.3, 0.4) is 0 Å². The van der Waals surface area contributed by atoms with E-state index in [1.807, 2.05) is 0 Å². The zero-order valence-electron chi connectivity index (χ0n) is 7.88. The number of fused-ring (bicyclic) bond motifs is 2. The van der Waals surface area contributed by atoms with Gasteiger partial charge in [0.15, 0.2) is 11.5 Å². The van der Waals surface area contributed by atoms with E-state index in [0.717, 1.165) is 0 Å². The van der Waals surface area contributed by atoms with Crippen LogP contribution in [0.5, 0.6) is 17.2 Å². The second kappa shape index (κ2) is 2.79. The van der Waals surface area contributed by atoms with Gasteiger partial charge in [0.05, 0.1) is 0 Å². The molecule has 82 valence electrons. The second-order valence-electron chi connectivity index (χ2n) is 3.35. The van der Waals surface area contributed by atoms with Crippen LogP contribution in [-0.4, -0.2) is 13.5 Å². The highest BCUT2D eigenvalue weighted by molar-refractivity contribution is 7.82. The molecule has 0 amide bonds. The molecule has 2 aromatic rings. The Labute approximate surface area is 91.2 Å². The number of aromatic hydroxyl groups is 1. The van der Waals surface area contributed by atoms with Gasteiger partial charge in [0.2, 0.25) is 5.75 Å². The van der Waals surface area contributed by atoms with E-state index in [1.54, 1.807) is 24.3 Å². The lowest BCUT2D eigenvalue weighted by Crippen LogP contribution is -2.08. The predicted molar refractivity (Wildman–Crippen MR) is 55.8 cm³/mol. The van der Waals surface area contributed by atoms with Gasteiger partial charge in [-0.05, 0) is 11.5 Å². The van der Waals surface area contributed by atoms with Gasteiger partial charge in [0.1, 0.15) is 0 Å². The van der Waals surface area contributed by atoms with Crippen LogP contribution in [0.1, 0.15) is 0 Å². The van der Waals surface area contributed by atoms with Crippen LogP contribution < -0.4 is 8.37 Å². The number of rotatable bonds is 0. The van der Waals surface area contributed by atoms with E-state index in [-0.39, 0.29) is 17.2 Å². The summed E-state index contributed by atoms with van der Waals surface area (Å²) in [6, 6.07) is 8.43. The fourth-order valence-corrected chi connectivity index (χ4v) is 2.40. The molecule has 0 atom stereocenters. The Balaban J connectivity index is 2.40. The van der Waals surface area contributed by atoms with Crippen molar-refractivity contribution in [3.8, 4) is 17.2 Å². The molecule has 0 saturated heterocycles. The fourth-order valence-electron chi connectivity index (χ4n) is 1.66. The van der Waals surface area contributed by atoms with Crippen LogP contribution in [-0.2, 0) is 10.4 Å². The maximum atomic E-state index is 11.1. The third-order valence-corrected chi connectivity index (χ3v) is 3.07. The van der Waals surface area contributed by atoms with Crippen molar-refractivity contribution in [2.75, 3.05) is 0 Å². The Kier molecular flexibility index (Phi) is 1.62. The summed E-state index contributed by atoms with van der Waals surface area (Å²) in [6.07, 6.45) is 0. The summed E-state index contributed by atoms with van der Waals surface area (Å²) in [5.41, 5.74) is 0. The summed E-state index contributed by atoms with van der Waals surface area (Å²) in [6.45, 7) is 0. The first-order valence-electron chi connectivity index (χ1n) is 4.45. The van der Waals surface area contributed by atoms with Crippen LogP contribution in [0, 0.1) is 0 Å². The molecular weight excluding hydrogens is 232 g/mol. The summed E-state index contributed by atoms with van der Waals surface area (Å²) in [5, 5.41) is 11.0. The van der Waals surface area contributed by atoms with E-state index in [1.165, 1.54) is 6.07 Å². The summed E-state index contributed by atoms with van der Waals surface area (Å²) >= 11 is 0. The first-order valence-corrected chi connectivity index (χ1v) is 5.79. The van der Waals surface area contributed by atoms with Gasteiger partial charge in [-0.2, -0.15) is 0 Å². The number of phenolic OH excluding ortho intramolecular Hbond substituents is 1. The molecule has 16 heavy (non-hydrogen) atoms. The molecule has 0 aromatic heterocycles. The summed E-state index contributed by atoms with van der Waals surface area (Å²) in [7, 11) is -4.07. The van der Waals surface area contributed by atoms with Gasteiger partial charge in [-0.15, -0.1) is 8.42 Å². The number of phenols is 1. The van der Waals surface area contributed by atoms with Crippen molar-refractivity contribution in [2.45, 2.75) is 0 Å². The number of hydrogen-bond acceptors (Lipinski definition) is 5. The molecule has 1 aliphatic heterocycles. The molecule has 1 heterocycles. The Morgan fingerprint density at radius 2 is 1.88 bits per heavy atom. The zero-order chi connectivity index (χ0) is 11.3. The molecule has 0 aliphatic carbocycles. The van der Waals surface area contributed by atoms with E-state index >= 15 is 0 Å². The third-order valence-electron chi connectivity index (χ3n) is 2.32. The highest BCUT2D eigenvalue weighted by Crippen LogP contribution is 2.47. The molecule has 0 radical (unpaired) electrons. The lowest BCUT2D eigenvalue weighted by molar-refractivity contribution is 0.421. The normalized spacial score (nSPS) is 16.5. The molecule has 0 saturated carbocycles. The third kappa shape index (κ3) is 1.20. The van der Waals surface area contributed by atoms with Crippen LogP contribution in [0.25, 0.3) is 10.8 Å². The minimum atomic E-state index is -4.07. The molecule has 6 heteroatoms. The van der Waals surface area contributed by atoms with Crippen molar-refractivity contribution in [3.63, 3.8) is 0 Å². The van der Waals surface area contributed by atoms with Crippen molar-refractivity contribution in [3.05, 3.63) is 30.3 Å². The minimum absolute atomic E-state index is 0.0104. The molecule has 0 bridgehead atoms. The van der Waals surface area contributed by atoms with Crippen molar-refractivity contribution < 1.29 is 21.9 Å². The Morgan fingerprint density at radius 1 is 1.12 bits per heavy atom. The zero-order valence-corrected chi connectivity index (χ0v) is 8.69. The monoisotopic (exact) mass is 238 g/mol. The van der Waals surface area contributed by atoms with E-state index in [9.17, 15) is 13.5 Å². The van der Waals surface area contributed by atoms with Gasteiger partial charge >= 0.3 is 10.4 Å². The van der Waals surface area contributed by atoms with Gasteiger partial charge in [0, 0.05) is 5.39 Å². The van der Waals surface area contributed by atoms with Gasteiger partial charge < -0.3 is 13.5 Å². The Bertz CT molecular complexity index is 690. The van der Waals surface area contributed by atoms with Gasteiger partial charge in [-0.3, -0.25) is 0 Å².